The van der Waals surface area contributed by atoms with Crippen molar-refractivity contribution in [3.05, 3.63) is 60.4 Å². The van der Waals surface area contributed by atoms with Gasteiger partial charge in [0.1, 0.15) is 12.4 Å². The molecule has 0 aliphatic heterocycles. The van der Waals surface area contributed by atoms with Crippen LogP contribution in [0.2, 0.25) is 0 Å². The molecule has 0 atom stereocenters. The number of nitrogens with zero attached hydrogens (tertiary/aromatic N) is 3. The lowest BCUT2D eigenvalue weighted by Gasteiger charge is -2.27. The number of hydrogen-bond donors (Lipinski definition) is 1. The van der Waals surface area contributed by atoms with E-state index in [1.807, 2.05) is 77.9 Å². The number of rotatable bonds is 8. The average molecular weight is 401 g/mol. The lowest BCUT2D eigenvalue weighted by molar-refractivity contribution is -0.119. The third-order valence-electron chi connectivity index (χ3n) is 4.42. The van der Waals surface area contributed by atoms with E-state index < -0.39 is 0 Å². The van der Waals surface area contributed by atoms with Gasteiger partial charge in [-0.25, -0.2) is 4.98 Å². The molecule has 2 aromatic carbocycles. The van der Waals surface area contributed by atoms with Crippen LogP contribution in [-0.2, 0) is 22.6 Å². The third-order valence-corrected chi connectivity index (χ3v) is 4.42. The van der Waals surface area contributed by atoms with Crippen LogP contribution in [0.25, 0.3) is 11.0 Å². The van der Waals surface area contributed by atoms with E-state index in [0.29, 0.717) is 19.4 Å². The Kier molecular flexibility index (Phi) is 7.58. The Morgan fingerprint density at radius 1 is 1.14 bits per heavy atom. The van der Waals surface area contributed by atoms with Crippen molar-refractivity contribution in [1.82, 2.24) is 14.9 Å². The van der Waals surface area contributed by atoms with Gasteiger partial charge in [0.25, 0.3) is 0 Å². The minimum absolute atomic E-state index is 0. The molecule has 7 heteroatoms. The van der Waals surface area contributed by atoms with E-state index in [2.05, 4.69) is 10.3 Å². The number of imidazole rings is 1. The highest BCUT2D eigenvalue weighted by Gasteiger charge is 2.21. The van der Waals surface area contributed by atoms with Crippen molar-refractivity contribution in [2.75, 3.05) is 11.4 Å². The number of halogens is 1. The van der Waals surface area contributed by atoms with Crippen molar-refractivity contribution in [3.63, 3.8) is 0 Å². The fraction of sp³-hybridized carbons (Fsp3) is 0.286. The Labute approximate surface area is 171 Å². The number of para-hydroxylation sites is 3. The zero-order valence-electron chi connectivity index (χ0n) is 16.0. The molecule has 0 saturated heterocycles. The highest BCUT2D eigenvalue weighted by Crippen LogP contribution is 2.20. The zero-order chi connectivity index (χ0) is 19.2. The maximum absolute atomic E-state index is 13.2. The maximum atomic E-state index is 13.2. The fourth-order valence-electron chi connectivity index (χ4n) is 3.27. The van der Waals surface area contributed by atoms with Crippen LogP contribution in [0.4, 0.5) is 5.69 Å². The van der Waals surface area contributed by atoms with Gasteiger partial charge >= 0.3 is 0 Å². The Hall–Kier alpha value is -2.86. The van der Waals surface area contributed by atoms with Gasteiger partial charge < -0.3 is 14.8 Å². The first kappa shape index (κ1) is 21.4. The number of carbonyl (C=O) groups is 2. The van der Waals surface area contributed by atoms with E-state index in [1.165, 1.54) is 0 Å². The van der Waals surface area contributed by atoms with Crippen LogP contribution in [0, 0.1) is 0 Å². The molecular formula is C21H25ClN4O2. The first-order valence-electron chi connectivity index (χ1n) is 9.10. The summed E-state index contributed by atoms with van der Waals surface area (Å²) in [5.74, 6) is 0.791. The van der Waals surface area contributed by atoms with Crippen molar-refractivity contribution in [3.8, 4) is 0 Å². The smallest absolute Gasteiger partial charge is 0.247 e. The Bertz CT molecular complexity index is 925. The molecule has 0 fully saturated rings. The van der Waals surface area contributed by atoms with Crippen LogP contribution in [0.15, 0.2) is 54.6 Å². The summed E-state index contributed by atoms with van der Waals surface area (Å²) in [4.78, 5) is 30.2. The summed E-state index contributed by atoms with van der Waals surface area (Å²) in [6.45, 7) is 4.69. The first-order valence-corrected chi connectivity index (χ1v) is 9.10. The van der Waals surface area contributed by atoms with Gasteiger partial charge in [-0.3, -0.25) is 9.59 Å². The Morgan fingerprint density at radius 2 is 1.82 bits per heavy atom. The second-order valence-electron chi connectivity index (χ2n) is 6.62. The van der Waals surface area contributed by atoms with Crippen molar-refractivity contribution in [1.29, 1.82) is 0 Å². The molecule has 0 spiro atoms. The molecule has 0 saturated carbocycles. The van der Waals surface area contributed by atoms with Gasteiger partial charge in [-0.2, -0.15) is 0 Å². The number of aromatic nitrogens is 2. The molecule has 28 heavy (non-hydrogen) atoms. The molecule has 1 heterocycles. The Morgan fingerprint density at radius 3 is 2.50 bits per heavy atom. The summed E-state index contributed by atoms with van der Waals surface area (Å²) in [7, 11) is 0. The fourth-order valence-corrected chi connectivity index (χ4v) is 3.27. The van der Waals surface area contributed by atoms with Gasteiger partial charge in [-0.05, 0) is 38.1 Å². The number of nitrogens with one attached hydrogen (secondary N) is 1. The van der Waals surface area contributed by atoms with Crippen LogP contribution in [-0.4, -0.2) is 34.5 Å². The second-order valence-corrected chi connectivity index (χ2v) is 6.62. The highest BCUT2D eigenvalue weighted by atomic mass is 35.5. The van der Waals surface area contributed by atoms with Crippen molar-refractivity contribution < 1.29 is 9.59 Å². The quantitative estimate of drug-likeness (QED) is 0.466. The van der Waals surface area contributed by atoms with Gasteiger partial charge in [0, 0.05) is 24.7 Å². The largest absolute Gasteiger partial charge is 0.358 e. The van der Waals surface area contributed by atoms with Gasteiger partial charge in [-0.1, -0.05) is 30.3 Å². The monoisotopic (exact) mass is 400 g/mol. The zero-order valence-corrected chi connectivity index (χ0v) is 16.9. The Balaban J connectivity index is 0.00000280. The standard InChI is InChI=1S/C21H24N4O2.ClH/c1-16(2)25(17-8-4-3-5-9-17)21(27)14-24-19-11-7-6-10-18(19)23-20(24)12-13-22-15-26;/h3-11,15-16H,12-14H2,1-2H3,(H,22,26);1H. The van der Waals surface area contributed by atoms with Crippen molar-refractivity contribution >= 4 is 41.4 Å². The van der Waals surface area contributed by atoms with Crippen LogP contribution < -0.4 is 10.2 Å². The molecule has 148 valence electrons. The third kappa shape index (κ3) is 4.70. The van der Waals surface area contributed by atoms with E-state index in [9.17, 15) is 9.59 Å². The first-order chi connectivity index (χ1) is 13.1. The number of fused-ring (bicyclic) bond motifs is 1. The van der Waals surface area contributed by atoms with Crippen LogP contribution in [0.1, 0.15) is 19.7 Å². The van der Waals surface area contributed by atoms with Crippen LogP contribution in [0.3, 0.4) is 0 Å². The number of benzene rings is 2. The summed E-state index contributed by atoms with van der Waals surface area (Å²) in [6.07, 6.45) is 1.24. The average Bonchev–Trinajstić information content (AvgIpc) is 3.00. The molecule has 6 nitrogen and oxygen atoms in total. The van der Waals surface area contributed by atoms with E-state index >= 15 is 0 Å². The normalized spacial score (nSPS) is 10.5. The van der Waals surface area contributed by atoms with Crippen LogP contribution >= 0.6 is 12.4 Å². The molecule has 0 aliphatic carbocycles. The molecule has 0 radical (unpaired) electrons. The summed E-state index contributed by atoms with van der Waals surface area (Å²) in [5.41, 5.74) is 2.65. The topological polar surface area (TPSA) is 67.2 Å². The molecule has 1 N–H and O–H groups in total. The number of carbonyl (C=O) groups excluding carboxylic acids is 2. The summed E-state index contributed by atoms with van der Waals surface area (Å²) in [6, 6.07) is 17.5. The van der Waals surface area contributed by atoms with Crippen molar-refractivity contribution in [2.45, 2.75) is 32.9 Å². The minimum Gasteiger partial charge on any atom is -0.358 e. The van der Waals surface area contributed by atoms with Gasteiger partial charge in [0.15, 0.2) is 0 Å². The lowest BCUT2D eigenvalue weighted by atomic mass is 10.2. The van der Waals surface area contributed by atoms with E-state index in [-0.39, 0.29) is 30.9 Å². The van der Waals surface area contributed by atoms with Gasteiger partial charge in [0.05, 0.1) is 11.0 Å². The lowest BCUT2D eigenvalue weighted by Crippen LogP contribution is -2.39. The number of amides is 2. The van der Waals surface area contributed by atoms with Crippen molar-refractivity contribution in [2.24, 2.45) is 0 Å². The maximum Gasteiger partial charge on any atom is 0.247 e. The molecule has 1 aromatic heterocycles. The highest BCUT2D eigenvalue weighted by molar-refractivity contribution is 5.94. The SMILES string of the molecule is CC(C)N(C(=O)Cn1c(CCNC=O)nc2ccccc21)c1ccccc1.Cl. The predicted molar refractivity (Wildman–Crippen MR) is 114 cm³/mol. The number of hydrogen-bond acceptors (Lipinski definition) is 3. The molecule has 0 bridgehead atoms. The molecular weight excluding hydrogens is 376 g/mol. The summed E-state index contributed by atoms with van der Waals surface area (Å²) >= 11 is 0. The molecule has 2 amide bonds. The van der Waals surface area contributed by atoms with E-state index in [1.54, 1.807) is 0 Å². The van der Waals surface area contributed by atoms with Gasteiger partial charge in [0.2, 0.25) is 12.3 Å². The predicted octanol–water partition coefficient (Wildman–Crippen LogP) is 3.19. The molecule has 0 unspecified atom stereocenters. The molecule has 0 aliphatic rings. The summed E-state index contributed by atoms with van der Waals surface area (Å²) in [5, 5.41) is 2.66. The number of anilines is 1. The minimum atomic E-state index is 0. The molecule has 3 rings (SSSR count). The second kappa shape index (κ2) is 9.90. The van der Waals surface area contributed by atoms with Crippen LogP contribution in [0.5, 0.6) is 0 Å². The van der Waals surface area contributed by atoms with E-state index in [0.717, 1.165) is 22.5 Å². The molecule has 3 aromatic rings. The van der Waals surface area contributed by atoms with Gasteiger partial charge in [-0.15, -0.1) is 12.4 Å². The summed E-state index contributed by atoms with van der Waals surface area (Å²) < 4.78 is 1.95. The van der Waals surface area contributed by atoms with E-state index in [4.69, 9.17) is 0 Å².